The Bertz CT molecular complexity index is 497. The Balaban J connectivity index is 2.86. The molecular weight excluding hydrogens is 266 g/mol. The number of hydrogen-bond donors (Lipinski definition) is 2. The Kier molecular flexibility index (Phi) is 6.13. The van der Waals surface area contributed by atoms with E-state index in [1.165, 1.54) is 19.2 Å². The number of ether oxygens (including phenoxy) is 1. The quantitative estimate of drug-likeness (QED) is 0.776. The van der Waals surface area contributed by atoms with Gasteiger partial charge in [-0.25, -0.2) is 0 Å². The minimum absolute atomic E-state index is 0.249. The number of likely N-dealkylation sites (N-methyl/N-ethyl adjacent to an activating group) is 1. The molecule has 19 heavy (non-hydrogen) atoms. The zero-order valence-corrected chi connectivity index (χ0v) is 11.7. The number of benzene rings is 1. The van der Waals surface area contributed by atoms with E-state index in [0.717, 1.165) is 6.54 Å². The van der Waals surface area contributed by atoms with Gasteiger partial charge in [0.15, 0.2) is 0 Å². The Morgan fingerprint density at radius 1 is 1.47 bits per heavy atom. The molecule has 0 heterocycles. The number of carbonyl (C=O) groups is 1. The van der Waals surface area contributed by atoms with Crippen LogP contribution in [0.3, 0.4) is 0 Å². The second-order valence-corrected chi connectivity index (χ2v) is 4.16. The summed E-state index contributed by atoms with van der Waals surface area (Å²) in [6.07, 6.45) is 0. The third kappa shape index (κ3) is 4.12. The molecule has 0 aliphatic rings. The van der Waals surface area contributed by atoms with Gasteiger partial charge in [0.05, 0.1) is 23.3 Å². The number of nitrogens with zero attached hydrogens (tertiary/aromatic N) is 1. The Morgan fingerprint density at radius 3 is 2.79 bits per heavy atom. The molecule has 0 aliphatic carbocycles. The lowest BCUT2D eigenvalue weighted by Crippen LogP contribution is -2.32. The van der Waals surface area contributed by atoms with E-state index >= 15 is 0 Å². The molecule has 1 amide bonds. The molecule has 0 spiro atoms. The highest BCUT2D eigenvalue weighted by atomic mass is 35.5. The first-order valence-electron chi connectivity index (χ1n) is 5.90. The van der Waals surface area contributed by atoms with Gasteiger partial charge in [0.2, 0.25) is 0 Å². The molecule has 0 atom stereocenters. The normalized spacial score (nSPS) is 9.79. The molecule has 0 aromatic heterocycles. The summed E-state index contributed by atoms with van der Waals surface area (Å²) in [5.41, 5.74) is 0.555. The number of hydrogen-bond acceptors (Lipinski definition) is 4. The number of carbonyl (C=O) groups excluding carboxylic acids is 1. The largest absolute Gasteiger partial charge is 0.496 e. The summed E-state index contributed by atoms with van der Waals surface area (Å²) < 4.78 is 5.10. The van der Waals surface area contributed by atoms with Crippen LogP contribution in [0.15, 0.2) is 12.1 Å². The molecular formula is C13H16ClN3O2. The van der Waals surface area contributed by atoms with E-state index in [4.69, 9.17) is 21.6 Å². The minimum atomic E-state index is -0.289. The predicted octanol–water partition coefficient (Wildman–Crippen LogP) is 1.56. The lowest BCUT2D eigenvalue weighted by atomic mass is 10.1. The molecule has 0 saturated carbocycles. The summed E-state index contributed by atoms with van der Waals surface area (Å²) in [7, 11) is 1.45. The van der Waals surface area contributed by atoms with Crippen LogP contribution in [0.25, 0.3) is 0 Å². The fraction of sp³-hybridized carbons (Fsp3) is 0.385. The van der Waals surface area contributed by atoms with Crippen molar-refractivity contribution >= 4 is 17.5 Å². The zero-order chi connectivity index (χ0) is 14.3. The van der Waals surface area contributed by atoms with Crippen molar-refractivity contribution in [3.05, 3.63) is 28.3 Å². The van der Waals surface area contributed by atoms with Crippen LogP contribution < -0.4 is 15.4 Å². The van der Waals surface area contributed by atoms with Crippen molar-refractivity contribution in [3.8, 4) is 11.8 Å². The van der Waals surface area contributed by atoms with Crippen LogP contribution >= 0.6 is 11.6 Å². The van der Waals surface area contributed by atoms with Gasteiger partial charge >= 0.3 is 0 Å². The Labute approximate surface area is 117 Å². The summed E-state index contributed by atoms with van der Waals surface area (Å²) in [4.78, 5) is 12.0. The van der Waals surface area contributed by atoms with Crippen molar-refractivity contribution in [2.24, 2.45) is 0 Å². The average Bonchev–Trinajstić information content (AvgIpc) is 2.42. The summed E-state index contributed by atoms with van der Waals surface area (Å²) in [6.45, 7) is 4.02. The van der Waals surface area contributed by atoms with E-state index < -0.39 is 0 Å². The Hall–Kier alpha value is -1.77. The second kappa shape index (κ2) is 7.62. The van der Waals surface area contributed by atoms with E-state index in [2.05, 4.69) is 10.6 Å². The highest BCUT2D eigenvalue weighted by Gasteiger charge is 2.15. The first-order chi connectivity index (χ1) is 9.13. The number of nitrogens with one attached hydrogen (secondary N) is 2. The number of rotatable bonds is 6. The fourth-order valence-corrected chi connectivity index (χ4v) is 1.72. The molecule has 0 saturated heterocycles. The van der Waals surface area contributed by atoms with Gasteiger partial charge in [-0.05, 0) is 12.6 Å². The van der Waals surface area contributed by atoms with Gasteiger partial charge in [0.25, 0.3) is 5.91 Å². The monoisotopic (exact) mass is 281 g/mol. The zero-order valence-electron chi connectivity index (χ0n) is 10.9. The second-order valence-electron chi connectivity index (χ2n) is 3.75. The lowest BCUT2D eigenvalue weighted by Gasteiger charge is -2.10. The van der Waals surface area contributed by atoms with E-state index in [9.17, 15) is 4.79 Å². The standard InChI is InChI=1S/C13H16ClN3O2/c1-3-16-4-5-17-13(18)10-6-9(8-15)11(14)7-12(10)19-2/h6-7,16H,3-5H2,1-2H3,(H,17,18). The van der Waals surface area contributed by atoms with Crippen LogP contribution in [-0.2, 0) is 0 Å². The summed E-state index contributed by atoms with van der Waals surface area (Å²) in [5.74, 6) is 0.0628. The van der Waals surface area contributed by atoms with Gasteiger partial charge in [0.1, 0.15) is 11.8 Å². The molecule has 0 aliphatic heterocycles. The van der Waals surface area contributed by atoms with Gasteiger partial charge in [-0.3, -0.25) is 4.79 Å². The van der Waals surface area contributed by atoms with Gasteiger partial charge < -0.3 is 15.4 Å². The van der Waals surface area contributed by atoms with Crippen LogP contribution in [-0.4, -0.2) is 32.7 Å². The van der Waals surface area contributed by atoms with Crippen LogP contribution in [0.2, 0.25) is 5.02 Å². The highest BCUT2D eigenvalue weighted by Crippen LogP contribution is 2.26. The van der Waals surface area contributed by atoms with Crippen LogP contribution in [0.1, 0.15) is 22.8 Å². The van der Waals surface area contributed by atoms with E-state index in [0.29, 0.717) is 24.4 Å². The maximum Gasteiger partial charge on any atom is 0.255 e. The molecule has 0 bridgehead atoms. The molecule has 5 nitrogen and oxygen atoms in total. The maximum absolute atomic E-state index is 12.0. The molecule has 0 radical (unpaired) electrons. The SMILES string of the molecule is CCNCCNC(=O)c1cc(C#N)c(Cl)cc1OC. The highest BCUT2D eigenvalue weighted by molar-refractivity contribution is 6.32. The number of amides is 1. The minimum Gasteiger partial charge on any atom is -0.496 e. The molecule has 2 N–H and O–H groups in total. The van der Waals surface area contributed by atoms with Crippen LogP contribution in [0.4, 0.5) is 0 Å². The summed E-state index contributed by atoms with van der Waals surface area (Å²) in [5, 5.41) is 15.0. The number of nitriles is 1. The third-order valence-corrected chi connectivity index (χ3v) is 2.80. The van der Waals surface area contributed by atoms with E-state index in [1.807, 2.05) is 13.0 Å². The lowest BCUT2D eigenvalue weighted by molar-refractivity contribution is 0.0951. The van der Waals surface area contributed by atoms with E-state index in [-0.39, 0.29) is 16.5 Å². The van der Waals surface area contributed by atoms with Gasteiger partial charge in [0, 0.05) is 19.2 Å². The predicted molar refractivity (Wildman–Crippen MR) is 73.6 cm³/mol. The van der Waals surface area contributed by atoms with Crippen molar-refractivity contribution in [1.29, 1.82) is 5.26 Å². The molecule has 1 rings (SSSR count). The fourth-order valence-electron chi connectivity index (χ4n) is 1.52. The van der Waals surface area contributed by atoms with Gasteiger partial charge in [-0.1, -0.05) is 18.5 Å². The molecule has 1 aromatic carbocycles. The maximum atomic E-state index is 12.0. The number of methoxy groups -OCH3 is 1. The molecule has 0 unspecified atom stereocenters. The van der Waals surface area contributed by atoms with Gasteiger partial charge in [-0.15, -0.1) is 0 Å². The first-order valence-corrected chi connectivity index (χ1v) is 6.28. The van der Waals surface area contributed by atoms with Crippen molar-refractivity contribution in [2.75, 3.05) is 26.7 Å². The van der Waals surface area contributed by atoms with Crippen molar-refractivity contribution in [2.45, 2.75) is 6.92 Å². The topological polar surface area (TPSA) is 74.1 Å². The van der Waals surface area contributed by atoms with E-state index in [1.54, 1.807) is 0 Å². The van der Waals surface area contributed by atoms with Crippen molar-refractivity contribution in [1.82, 2.24) is 10.6 Å². The molecule has 102 valence electrons. The van der Waals surface area contributed by atoms with Crippen LogP contribution in [0.5, 0.6) is 5.75 Å². The van der Waals surface area contributed by atoms with Crippen LogP contribution in [0, 0.1) is 11.3 Å². The number of halogens is 1. The average molecular weight is 282 g/mol. The smallest absolute Gasteiger partial charge is 0.255 e. The summed E-state index contributed by atoms with van der Waals surface area (Å²) >= 11 is 5.89. The summed E-state index contributed by atoms with van der Waals surface area (Å²) in [6, 6.07) is 4.84. The molecule has 1 aromatic rings. The molecule has 6 heteroatoms. The molecule has 0 fully saturated rings. The van der Waals surface area contributed by atoms with Crippen molar-refractivity contribution < 1.29 is 9.53 Å². The Morgan fingerprint density at radius 2 is 2.21 bits per heavy atom. The third-order valence-electron chi connectivity index (χ3n) is 2.49. The first kappa shape index (κ1) is 15.3. The van der Waals surface area contributed by atoms with Gasteiger partial charge in [-0.2, -0.15) is 5.26 Å². The van der Waals surface area contributed by atoms with Crippen molar-refractivity contribution in [3.63, 3.8) is 0 Å².